The Hall–Kier alpha value is 0.360. The summed E-state index contributed by atoms with van der Waals surface area (Å²) in [4.78, 5) is 9.98. The van der Waals surface area contributed by atoms with Gasteiger partial charge in [-0.25, -0.2) is 0 Å². The van der Waals surface area contributed by atoms with Crippen LogP contribution in [0, 0.1) is 5.41 Å². The van der Waals surface area contributed by atoms with Gasteiger partial charge in [0.2, 0.25) is 0 Å². The van der Waals surface area contributed by atoms with Crippen molar-refractivity contribution < 1.29 is 18.7 Å². The lowest BCUT2D eigenvalue weighted by Gasteiger charge is -2.38. The average molecular weight is 286 g/mol. The van der Waals surface area contributed by atoms with Gasteiger partial charge in [0.05, 0.1) is 12.3 Å². The fraction of sp³-hybridized carbons (Fsp3) is 1.00. The zero-order chi connectivity index (χ0) is 11.6. The fourth-order valence-corrected chi connectivity index (χ4v) is 4.77. The summed E-state index contributed by atoms with van der Waals surface area (Å²) in [6.07, 6.45) is 1.70. The van der Waals surface area contributed by atoms with E-state index in [1.54, 1.807) is 6.92 Å². The molecule has 2 saturated heterocycles. The Morgan fingerprint density at radius 2 is 2.18 bits per heavy atom. The summed E-state index contributed by atoms with van der Waals surface area (Å²) in [5.74, 6) is 0. The maximum Gasteiger partial charge on any atom is 0.333 e. The minimum atomic E-state index is -3.49. The van der Waals surface area contributed by atoms with E-state index < -0.39 is 7.60 Å². The minimum absolute atomic E-state index is 0. The smallest absolute Gasteiger partial charge is 0.333 e. The van der Waals surface area contributed by atoms with Gasteiger partial charge < -0.3 is 19.5 Å². The van der Waals surface area contributed by atoms with E-state index in [1.807, 2.05) is 0 Å². The van der Waals surface area contributed by atoms with E-state index in [2.05, 4.69) is 5.32 Å². The van der Waals surface area contributed by atoms with Crippen LogP contribution >= 0.6 is 20.0 Å². The van der Waals surface area contributed by atoms with E-state index >= 15 is 0 Å². The molecule has 102 valence electrons. The fourth-order valence-electron chi connectivity index (χ4n) is 2.82. The maximum absolute atomic E-state index is 12.1. The number of hydrogen-bond acceptors (Lipinski definition) is 4. The second-order valence-corrected chi connectivity index (χ2v) is 6.61. The molecule has 0 aromatic heterocycles. The van der Waals surface area contributed by atoms with Crippen LogP contribution in [0.25, 0.3) is 0 Å². The van der Waals surface area contributed by atoms with Gasteiger partial charge in [-0.3, -0.25) is 4.57 Å². The van der Waals surface area contributed by atoms with E-state index in [0.717, 1.165) is 19.4 Å². The summed E-state index contributed by atoms with van der Waals surface area (Å²) in [6, 6.07) is 0. The third-order valence-corrected chi connectivity index (χ3v) is 5.86. The first-order valence-electron chi connectivity index (χ1n) is 5.86. The van der Waals surface area contributed by atoms with Crippen LogP contribution in [0.4, 0.5) is 0 Å². The maximum atomic E-state index is 12.1. The van der Waals surface area contributed by atoms with Gasteiger partial charge in [-0.15, -0.1) is 12.4 Å². The molecule has 0 bridgehead atoms. The standard InChI is InChI=1S/C10H20NO4P.ClH/c1-2-15-16(12,13)9-7-11-8-10(9)3-5-14-6-4-10;/h9,11H,2-8H2,1H3,(H,12,13);1H. The van der Waals surface area contributed by atoms with E-state index in [4.69, 9.17) is 9.26 Å². The number of nitrogens with one attached hydrogen (secondary N) is 1. The molecule has 0 amide bonds. The second kappa shape index (κ2) is 6.00. The van der Waals surface area contributed by atoms with Crippen molar-refractivity contribution in [3.63, 3.8) is 0 Å². The van der Waals surface area contributed by atoms with E-state index in [0.29, 0.717) is 19.8 Å². The molecule has 5 nitrogen and oxygen atoms in total. The lowest BCUT2D eigenvalue weighted by Crippen LogP contribution is -2.39. The number of rotatable bonds is 3. The Morgan fingerprint density at radius 1 is 1.53 bits per heavy atom. The zero-order valence-corrected chi connectivity index (χ0v) is 11.8. The van der Waals surface area contributed by atoms with Gasteiger partial charge in [0.15, 0.2) is 0 Å². The summed E-state index contributed by atoms with van der Waals surface area (Å²) in [5.41, 5.74) is -0.374. The quantitative estimate of drug-likeness (QED) is 0.767. The topological polar surface area (TPSA) is 67.8 Å². The summed E-state index contributed by atoms with van der Waals surface area (Å²) in [7, 11) is -3.49. The Kier molecular flexibility index (Phi) is 5.44. The molecule has 2 rings (SSSR count). The Morgan fingerprint density at radius 3 is 2.76 bits per heavy atom. The van der Waals surface area contributed by atoms with Gasteiger partial charge in [-0.2, -0.15) is 0 Å². The molecule has 2 heterocycles. The molecule has 17 heavy (non-hydrogen) atoms. The van der Waals surface area contributed by atoms with Crippen molar-refractivity contribution in [2.24, 2.45) is 5.41 Å². The summed E-state index contributed by atoms with van der Waals surface area (Å²) in [5, 5.41) is 3.23. The first-order chi connectivity index (χ1) is 7.61. The molecule has 0 aromatic rings. The number of ether oxygens (including phenoxy) is 1. The Labute approximate surface area is 108 Å². The largest absolute Gasteiger partial charge is 0.381 e. The van der Waals surface area contributed by atoms with Crippen LogP contribution in [-0.2, 0) is 13.8 Å². The van der Waals surface area contributed by atoms with Crippen molar-refractivity contribution in [1.29, 1.82) is 0 Å². The molecule has 2 aliphatic heterocycles. The van der Waals surface area contributed by atoms with E-state index in [9.17, 15) is 9.46 Å². The predicted octanol–water partition coefficient (Wildman–Crippen LogP) is 1.40. The first-order valence-corrected chi connectivity index (χ1v) is 7.51. The predicted molar refractivity (Wildman–Crippen MR) is 67.8 cm³/mol. The zero-order valence-electron chi connectivity index (χ0n) is 10.1. The van der Waals surface area contributed by atoms with Gasteiger partial charge in [-0.1, -0.05) is 0 Å². The molecular formula is C10H21ClNO4P. The highest BCUT2D eigenvalue weighted by atomic mass is 35.5. The van der Waals surface area contributed by atoms with Crippen LogP contribution in [0.5, 0.6) is 0 Å². The van der Waals surface area contributed by atoms with Crippen LogP contribution in [0.15, 0.2) is 0 Å². The van der Waals surface area contributed by atoms with Crippen LogP contribution in [0.1, 0.15) is 19.8 Å². The Bertz CT molecular complexity index is 296. The second-order valence-electron chi connectivity index (χ2n) is 4.60. The monoisotopic (exact) mass is 285 g/mol. The molecule has 0 aliphatic carbocycles. The molecule has 2 atom stereocenters. The van der Waals surface area contributed by atoms with Crippen molar-refractivity contribution in [2.45, 2.75) is 25.4 Å². The van der Waals surface area contributed by atoms with Crippen molar-refractivity contribution in [2.75, 3.05) is 32.9 Å². The van der Waals surface area contributed by atoms with Crippen molar-refractivity contribution >= 4 is 20.0 Å². The van der Waals surface area contributed by atoms with Crippen molar-refractivity contribution in [3.05, 3.63) is 0 Å². The van der Waals surface area contributed by atoms with Gasteiger partial charge in [-0.05, 0) is 19.8 Å². The van der Waals surface area contributed by atoms with Crippen LogP contribution in [-0.4, -0.2) is 43.5 Å². The van der Waals surface area contributed by atoms with Crippen LogP contribution < -0.4 is 5.32 Å². The summed E-state index contributed by atoms with van der Waals surface area (Å²) < 4.78 is 22.6. The van der Waals surface area contributed by atoms with Gasteiger partial charge in [0, 0.05) is 31.7 Å². The molecule has 2 fully saturated rings. The van der Waals surface area contributed by atoms with E-state index in [1.165, 1.54) is 0 Å². The molecule has 0 radical (unpaired) electrons. The molecule has 1 spiro atoms. The third kappa shape index (κ3) is 3.03. The van der Waals surface area contributed by atoms with E-state index in [-0.39, 0.29) is 30.1 Å². The SMILES string of the molecule is CCOP(=O)(O)C1CNCC12CCOCC2.Cl. The molecule has 2 aliphatic rings. The van der Waals surface area contributed by atoms with Gasteiger partial charge in [0.25, 0.3) is 0 Å². The summed E-state index contributed by atoms with van der Waals surface area (Å²) >= 11 is 0. The average Bonchev–Trinajstić information content (AvgIpc) is 2.63. The highest BCUT2D eigenvalue weighted by molar-refractivity contribution is 7.53. The Balaban J connectivity index is 0.00000144. The van der Waals surface area contributed by atoms with Gasteiger partial charge in [0.1, 0.15) is 0 Å². The van der Waals surface area contributed by atoms with Crippen molar-refractivity contribution in [3.8, 4) is 0 Å². The van der Waals surface area contributed by atoms with Crippen LogP contribution in [0.3, 0.4) is 0 Å². The molecular weight excluding hydrogens is 265 g/mol. The van der Waals surface area contributed by atoms with Crippen LogP contribution in [0.2, 0.25) is 0 Å². The number of hydrogen-bond donors (Lipinski definition) is 2. The molecule has 2 unspecified atom stereocenters. The molecule has 2 N–H and O–H groups in total. The number of halogens is 1. The highest BCUT2D eigenvalue weighted by Crippen LogP contribution is 2.58. The van der Waals surface area contributed by atoms with Gasteiger partial charge >= 0.3 is 7.60 Å². The minimum Gasteiger partial charge on any atom is -0.381 e. The normalized spacial score (nSPS) is 30.8. The molecule has 0 aromatic carbocycles. The molecule has 0 saturated carbocycles. The summed E-state index contributed by atoms with van der Waals surface area (Å²) in [6.45, 7) is 4.79. The third-order valence-electron chi connectivity index (χ3n) is 3.72. The lowest BCUT2D eigenvalue weighted by atomic mass is 9.79. The molecule has 7 heteroatoms. The van der Waals surface area contributed by atoms with Crippen molar-refractivity contribution in [1.82, 2.24) is 5.32 Å². The highest BCUT2D eigenvalue weighted by Gasteiger charge is 2.52. The lowest BCUT2D eigenvalue weighted by molar-refractivity contribution is 0.0226. The first kappa shape index (κ1) is 15.4.